The van der Waals surface area contributed by atoms with E-state index in [-0.39, 0.29) is 0 Å². The van der Waals surface area contributed by atoms with Crippen LogP contribution in [-0.2, 0) is 0 Å². The van der Waals surface area contributed by atoms with Crippen molar-refractivity contribution in [3.8, 4) is 0 Å². The summed E-state index contributed by atoms with van der Waals surface area (Å²) in [5, 5.41) is 3.34. The van der Waals surface area contributed by atoms with Crippen LogP contribution in [0.25, 0.3) is 16.0 Å². The van der Waals surface area contributed by atoms with Crippen LogP contribution < -0.4 is 5.32 Å². The molecule has 0 bridgehead atoms. The number of nitrogens with one attached hydrogen (secondary N) is 1. The Bertz CT molecular complexity index is 198. The third kappa shape index (κ3) is 8.67. The van der Waals surface area contributed by atoms with Crippen molar-refractivity contribution in [3.63, 3.8) is 0 Å². The van der Waals surface area contributed by atoms with E-state index in [4.69, 9.17) is 11.1 Å². The fourth-order valence-electron chi connectivity index (χ4n) is 0.953. The summed E-state index contributed by atoms with van der Waals surface area (Å²) in [6, 6.07) is 0. The number of hydrogen-bond acceptors (Lipinski definition) is 0. The largest absolute Gasteiger partial charge is 0.373 e. The number of nitrogens with zero attached hydrogens (tertiary/aromatic N) is 5. The minimum atomic E-state index is 1.03. The maximum absolute atomic E-state index is 6.75. The molecule has 1 N–H and O–H groups in total. The number of hydrogen-bond donors (Lipinski definition) is 1. The lowest BCUT2D eigenvalue weighted by molar-refractivity contribution is -0.472. The minimum absolute atomic E-state index is 1.03. The molecule has 0 heterocycles. The van der Waals surface area contributed by atoms with Gasteiger partial charge >= 0.3 is 5.96 Å². The Morgan fingerprint density at radius 3 is 2.00 bits per heavy atom. The zero-order valence-corrected chi connectivity index (χ0v) is 9.65. The normalized spacial score (nSPS) is 7.79. The fourth-order valence-corrected chi connectivity index (χ4v) is 0.953. The van der Waals surface area contributed by atoms with Gasteiger partial charge in [-0.25, -0.2) is 0 Å². The molecule has 6 nitrogen and oxygen atoms in total. The van der Waals surface area contributed by atoms with Crippen LogP contribution in [0.2, 0.25) is 0 Å². The highest BCUT2D eigenvalue weighted by Gasteiger charge is 2.08. The first-order chi connectivity index (χ1) is 6.51. The maximum Gasteiger partial charge on any atom is 0.347 e. The summed E-state index contributed by atoms with van der Waals surface area (Å²) in [6.45, 7) is 3.20. The van der Waals surface area contributed by atoms with Crippen molar-refractivity contribution in [3.05, 3.63) is 16.0 Å². The lowest BCUT2D eigenvalue weighted by Gasteiger charge is -2.11. The Morgan fingerprint density at radius 2 is 1.79 bits per heavy atom. The Hall–Kier alpha value is -1.42. The molecule has 0 spiro atoms. The zero-order valence-electron chi connectivity index (χ0n) is 9.65. The van der Waals surface area contributed by atoms with Gasteiger partial charge in [-0.15, -0.1) is 0 Å². The molecule has 0 rings (SSSR count). The molecule has 0 fully saturated rings. The first-order valence-corrected chi connectivity index (χ1v) is 4.45. The fraction of sp³-hybridized carbons (Fsp3) is 0.875. The average molecular weight is 200 g/mol. The van der Waals surface area contributed by atoms with E-state index >= 15 is 0 Å². The Kier molecular flexibility index (Phi) is 10.4. The van der Waals surface area contributed by atoms with E-state index in [0.29, 0.717) is 0 Å². The second-order valence-corrected chi connectivity index (χ2v) is 3.13. The van der Waals surface area contributed by atoms with Gasteiger partial charge in [0.05, 0.1) is 34.7 Å². The molecule has 0 saturated heterocycles. The molecule has 0 amide bonds. The highest BCUT2D eigenvalue weighted by Crippen LogP contribution is 1.78. The minimum Gasteiger partial charge on any atom is -0.373 e. The van der Waals surface area contributed by atoms with Crippen LogP contribution in [0, 0.1) is 0 Å². The van der Waals surface area contributed by atoms with Crippen molar-refractivity contribution in [1.29, 1.82) is 0 Å². The maximum atomic E-state index is 6.75. The molecule has 0 aliphatic rings. The molecule has 14 heavy (non-hydrogen) atoms. The van der Waals surface area contributed by atoms with Crippen LogP contribution in [0.4, 0.5) is 0 Å². The van der Waals surface area contributed by atoms with Crippen molar-refractivity contribution in [2.24, 2.45) is 0 Å². The second kappa shape index (κ2) is 9.67. The van der Waals surface area contributed by atoms with E-state index in [0.717, 1.165) is 18.9 Å². The van der Waals surface area contributed by atoms with E-state index < -0.39 is 0 Å². The predicted octanol–water partition coefficient (Wildman–Crippen LogP) is 1.04. The molecule has 6 heteroatoms. The summed E-state index contributed by atoms with van der Waals surface area (Å²) < 4.78 is 2.08. The highest BCUT2D eigenvalue weighted by atomic mass is 15.3. The summed E-state index contributed by atoms with van der Waals surface area (Å²) in [4.78, 5) is 3.58. The SMILES string of the molecule is CCCNC(N(C)C)=[N+](C)C.[N-]=[N+]=[N-]. The van der Waals surface area contributed by atoms with Gasteiger partial charge in [0, 0.05) is 0 Å². The van der Waals surface area contributed by atoms with Gasteiger partial charge in [0.1, 0.15) is 0 Å². The quantitative estimate of drug-likeness (QED) is 0.180. The highest BCUT2D eigenvalue weighted by molar-refractivity contribution is 5.74. The third-order valence-corrected chi connectivity index (χ3v) is 1.38. The van der Waals surface area contributed by atoms with Crippen molar-refractivity contribution in [1.82, 2.24) is 10.2 Å². The Morgan fingerprint density at radius 1 is 1.36 bits per heavy atom. The summed E-state index contributed by atoms with van der Waals surface area (Å²) in [6.07, 6.45) is 1.16. The summed E-state index contributed by atoms with van der Waals surface area (Å²) >= 11 is 0. The Balaban J connectivity index is 0. The smallest absolute Gasteiger partial charge is 0.347 e. The molecule has 0 aliphatic carbocycles. The lowest BCUT2D eigenvalue weighted by atomic mass is 10.5. The van der Waals surface area contributed by atoms with Crippen LogP contribution in [0.1, 0.15) is 13.3 Å². The van der Waals surface area contributed by atoms with E-state index in [2.05, 4.69) is 21.7 Å². The first kappa shape index (κ1) is 15.1. The van der Waals surface area contributed by atoms with Crippen molar-refractivity contribution < 1.29 is 4.58 Å². The molecule has 0 unspecified atom stereocenters. The van der Waals surface area contributed by atoms with Crippen LogP contribution in [0.15, 0.2) is 0 Å². The number of rotatable bonds is 2. The molecule has 0 aromatic carbocycles. The van der Waals surface area contributed by atoms with Gasteiger partial charge < -0.3 is 11.1 Å². The summed E-state index contributed by atoms with van der Waals surface area (Å²) in [5.41, 5.74) is 13.5. The molecule has 0 radical (unpaired) electrons. The van der Waals surface area contributed by atoms with E-state index in [1.54, 1.807) is 0 Å². The van der Waals surface area contributed by atoms with Crippen molar-refractivity contribution in [2.75, 3.05) is 34.7 Å². The zero-order chi connectivity index (χ0) is 11.6. The molecule has 0 aromatic rings. The topological polar surface area (TPSA) is 77.0 Å². The standard InChI is InChI=1S/C8H19N3.N3/c1-6-7-9-8(10(2)3)11(4)5;1-3-2/h6-7H2,1-5H3;/q;-1/p+1. The van der Waals surface area contributed by atoms with E-state index in [9.17, 15) is 0 Å². The summed E-state index contributed by atoms with van der Waals surface area (Å²) in [5.74, 6) is 1.16. The Labute approximate surface area is 85.6 Å². The molecule has 0 aliphatic heterocycles. The molecule has 0 atom stereocenters. The van der Waals surface area contributed by atoms with Crippen molar-refractivity contribution >= 4 is 5.96 Å². The summed E-state index contributed by atoms with van der Waals surface area (Å²) in [7, 11) is 8.16. The van der Waals surface area contributed by atoms with Gasteiger partial charge in [-0.1, -0.05) is 6.92 Å². The third-order valence-electron chi connectivity index (χ3n) is 1.38. The first-order valence-electron chi connectivity index (χ1n) is 4.45. The average Bonchev–Trinajstić information content (AvgIpc) is 2.05. The molecule has 0 aromatic heterocycles. The van der Waals surface area contributed by atoms with Gasteiger partial charge in [-0.2, -0.15) is 0 Å². The van der Waals surface area contributed by atoms with Crippen molar-refractivity contribution in [2.45, 2.75) is 13.3 Å². The van der Waals surface area contributed by atoms with E-state index in [1.807, 2.05) is 28.2 Å². The van der Waals surface area contributed by atoms with Gasteiger partial charge in [0.25, 0.3) is 0 Å². The van der Waals surface area contributed by atoms with Gasteiger partial charge in [0.15, 0.2) is 0 Å². The molecular formula is C8H20N6. The second-order valence-electron chi connectivity index (χ2n) is 3.13. The van der Waals surface area contributed by atoms with Crippen LogP contribution in [0.3, 0.4) is 0 Å². The molecule has 82 valence electrons. The monoisotopic (exact) mass is 200 g/mol. The van der Waals surface area contributed by atoms with E-state index in [1.165, 1.54) is 4.91 Å². The van der Waals surface area contributed by atoms with Gasteiger partial charge in [-0.05, 0) is 6.42 Å². The molecule has 0 saturated carbocycles. The van der Waals surface area contributed by atoms with Crippen LogP contribution in [0.5, 0.6) is 0 Å². The lowest BCUT2D eigenvalue weighted by Crippen LogP contribution is -2.42. The number of guanidine groups is 1. The van der Waals surface area contributed by atoms with Gasteiger partial charge in [-0.3, -0.25) is 19.7 Å². The van der Waals surface area contributed by atoms with Crippen LogP contribution >= 0.6 is 0 Å². The predicted molar refractivity (Wildman–Crippen MR) is 59.2 cm³/mol. The molecular weight excluding hydrogens is 180 g/mol. The van der Waals surface area contributed by atoms with Gasteiger partial charge in [0.2, 0.25) is 0 Å². The van der Waals surface area contributed by atoms with Crippen LogP contribution in [-0.4, -0.2) is 50.2 Å².